The van der Waals surface area contributed by atoms with E-state index in [1.807, 2.05) is 0 Å². The van der Waals surface area contributed by atoms with Gasteiger partial charge in [-0.2, -0.15) is 0 Å². The molecule has 0 amide bonds. The summed E-state index contributed by atoms with van der Waals surface area (Å²) in [6.45, 7) is 4.25. The van der Waals surface area contributed by atoms with Crippen molar-refractivity contribution in [3.8, 4) is 0 Å². The SMILES string of the molecule is CCCC(I)C(=O)C(I)CCC. The van der Waals surface area contributed by atoms with Gasteiger partial charge >= 0.3 is 0 Å². The van der Waals surface area contributed by atoms with Gasteiger partial charge in [0.2, 0.25) is 0 Å². The van der Waals surface area contributed by atoms with Crippen LogP contribution in [0.5, 0.6) is 0 Å². The van der Waals surface area contributed by atoms with Crippen LogP contribution in [0.2, 0.25) is 0 Å². The average Bonchev–Trinajstić information content (AvgIpc) is 2.04. The van der Waals surface area contributed by atoms with Crippen molar-refractivity contribution in [1.29, 1.82) is 0 Å². The van der Waals surface area contributed by atoms with Crippen LogP contribution in [-0.2, 0) is 4.79 Å². The maximum absolute atomic E-state index is 11.6. The molecule has 2 atom stereocenters. The van der Waals surface area contributed by atoms with Gasteiger partial charge in [0.05, 0.1) is 7.85 Å². The van der Waals surface area contributed by atoms with Gasteiger partial charge in [-0.1, -0.05) is 71.9 Å². The Labute approximate surface area is 102 Å². The molecule has 0 aliphatic heterocycles. The van der Waals surface area contributed by atoms with Gasteiger partial charge in [-0.25, -0.2) is 0 Å². The first-order chi connectivity index (χ1) is 5.63. The summed E-state index contributed by atoms with van der Waals surface area (Å²) in [5.41, 5.74) is 0. The Morgan fingerprint density at radius 2 is 1.42 bits per heavy atom. The minimum absolute atomic E-state index is 0.237. The first-order valence-corrected chi connectivity index (χ1v) is 6.94. The van der Waals surface area contributed by atoms with E-state index in [2.05, 4.69) is 59.0 Å². The molecule has 0 aromatic carbocycles. The van der Waals surface area contributed by atoms with Gasteiger partial charge in [0.25, 0.3) is 0 Å². The van der Waals surface area contributed by atoms with Crippen LogP contribution in [0.1, 0.15) is 39.5 Å². The molecule has 0 fully saturated rings. The molecule has 0 heterocycles. The van der Waals surface area contributed by atoms with E-state index in [0.717, 1.165) is 25.7 Å². The molecule has 3 heteroatoms. The zero-order valence-corrected chi connectivity index (χ0v) is 12.0. The Hall–Kier alpha value is 1.13. The highest BCUT2D eigenvalue weighted by Gasteiger charge is 2.20. The molecule has 0 radical (unpaired) electrons. The summed E-state index contributed by atoms with van der Waals surface area (Å²) < 4.78 is 0.474. The smallest absolute Gasteiger partial charge is 0.158 e. The molecule has 0 aliphatic rings. The Kier molecular flexibility index (Phi) is 8.23. The van der Waals surface area contributed by atoms with Crippen molar-refractivity contribution in [2.45, 2.75) is 47.4 Å². The van der Waals surface area contributed by atoms with E-state index in [1.54, 1.807) is 0 Å². The van der Waals surface area contributed by atoms with Crippen LogP contribution in [0.4, 0.5) is 0 Å². The lowest BCUT2D eigenvalue weighted by Crippen LogP contribution is -2.23. The van der Waals surface area contributed by atoms with E-state index in [1.165, 1.54) is 0 Å². The average molecular weight is 394 g/mol. The second kappa shape index (κ2) is 7.53. The highest BCUT2D eigenvalue weighted by atomic mass is 127. The second-order valence-corrected chi connectivity index (χ2v) is 5.92. The summed E-state index contributed by atoms with van der Waals surface area (Å²) in [6.07, 6.45) is 4.27. The molecule has 0 N–H and O–H groups in total. The van der Waals surface area contributed by atoms with Crippen molar-refractivity contribution in [3.63, 3.8) is 0 Å². The quantitative estimate of drug-likeness (QED) is 0.496. The van der Waals surface area contributed by atoms with Crippen molar-refractivity contribution >= 4 is 51.0 Å². The third kappa shape index (κ3) is 4.99. The molecule has 0 aromatic heterocycles. The Bertz CT molecular complexity index is 122. The van der Waals surface area contributed by atoms with Crippen molar-refractivity contribution in [1.82, 2.24) is 0 Å². The lowest BCUT2D eigenvalue weighted by molar-refractivity contribution is -0.117. The molecule has 0 aromatic rings. The number of halogens is 2. The normalized spacial score (nSPS) is 15.7. The maximum atomic E-state index is 11.6. The van der Waals surface area contributed by atoms with Gasteiger partial charge in [-0.05, 0) is 12.8 Å². The topological polar surface area (TPSA) is 17.1 Å². The van der Waals surface area contributed by atoms with E-state index in [4.69, 9.17) is 0 Å². The number of alkyl halides is 2. The number of carbonyl (C=O) groups is 1. The van der Waals surface area contributed by atoms with Crippen LogP contribution in [0.25, 0.3) is 0 Å². The summed E-state index contributed by atoms with van der Waals surface area (Å²) >= 11 is 4.54. The molecular weight excluding hydrogens is 378 g/mol. The van der Waals surface area contributed by atoms with Gasteiger partial charge in [-0.3, -0.25) is 4.79 Å². The number of hydrogen-bond acceptors (Lipinski definition) is 1. The Morgan fingerprint density at radius 3 is 1.67 bits per heavy atom. The van der Waals surface area contributed by atoms with Gasteiger partial charge in [0.15, 0.2) is 5.78 Å². The molecule has 12 heavy (non-hydrogen) atoms. The van der Waals surface area contributed by atoms with Crippen LogP contribution >= 0.6 is 45.2 Å². The zero-order valence-electron chi connectivity index (χ0n) is 7.65. The molecule has 72 valence electrons. The van der Waals surface area contributed by atoms with Gasteiger partial charge in [0, 0.05) is 0 Å². The fourth-order valence-electron chi connectivity index (χ4n) is 0.988. The lowest BCUT2D eigenvalue weighted by atomic mass is 10.1. The number of rotatable bonds is 6. The molecule has 0 spiro atoms. The third-order valence-corrected chi connectivity index (χ3v) is 4.18. The number of carbonyl (C=O) groups excluding carboxylic acids is 1. The van der Waals surface area contributed by atoms with Crippen LogP contribution < -0.4 is 0 Å². The maximum Gasteiger partial charge on any atom is 0.158 e. The molecule has 0 saturated heterocycles. The molecule has 0 rings (SSSR count). The summed E-state index contributed by atoms with van der Waals surface area (Å²) in [6, 6.07) is 0. The summed E-state index contributed by atoms with van der Waals surface area (Å²) in [7, 11) is 0. The van der Waals surface area contributed by atoms with E-state index in [0.29, 0.717) is 5.78 Å². The predicted molar refractivity (Wildman–Crippen MR) is 70.4 cm³/mol. The van der Waals surface area contributed by atoms with Gasteiger partial charge < -0.3 is 0 Å². The summed E-state index contributed by atoms with van der Waals surface area (Å²) in [5, 5.41) is 0. The first kappa shape index (κ1) is 13.1. The molecule has 0 saturated carbocycles. The van der Waals surface area contributed by atoms with E-state index < -0.39 is 0 Å². The highest BCUT2D eigenvalue weighted by molar-refractivity contribution is 14.1. The monoisotopic (exact) mass is 394 g/mol. The first-order valence-electron chi connectivity index (χ1n) is 4.45. The van der Waals surface area contributed by atoms with E-state index in [-0.39, 0.29) is 7.85 Å². The van der Waals surface area contributed by atoms with Crippen LogP contribution in [0, 0.1) is 0 Å². The van der Waals surface area contributed by atoms with Crippen molar-refractivity contribution in [2.75, 3.05) is 0 Å². The second-order valence-electron chi connectivity index (χ2n) is 2.91. The fourth-order valence-corrected chi connectivity index (χ4v) is 3.79. The fraction of sp³-hybridized carbons (Fsp3) is 0.889. The Morgan fingerprint density at radius 1 is 1.08 bits per heavy atom. The highest BCUT2D eigenvalue weighted by Crippen LogP contribution is 2.19. The Balaban J connectivity index is 3.82. The minimum Gasteiger partial charge on any atom is -0.297 e. The van der Waals surface area contributed by atoms with E-state index >= 15 is 0 Å². The third-order valence-electron chi connectivity index (χ3n) is 1.70. The molecular formula is C9H16I2O. The van der Waals surface area contributed by atoms with Crippen LogP contribution in [-0.4, -0.2) is 13.6 Å². The van der Waals surface area contributed by atoms with Crippen molar-refractivity contribution in [3.05, 3.63) is 0 Å². The summed E-state index contributed by atoms with van der Waals surface area (Å²) in [4.78, 5) is 11.6. The largest absolute Gasteiger partial charge is 0.297 e. The van der Waals surface area contributed by atoms with Crippen LogP contribution in [0.3, 0.4) is 0 Å². The number of ketones is 1. The minimum atomic E-state index is 0.237. The number of Topliss-reactive ketones (excluding diaryl/α,β-unsaturated/α-hetero) is 1. The molecule has 1 nitrogen and oxygen atoms in total. The van der Waals surface area contributed by atoms with Crippen molar-refractivity contribution < 1.29 is 4.79 Å². The lowest BCUT2D eigenvalue weighted by Gasteiger charge is -2.11. The molecule has 0 aliphatic carbocycles. The zero-order chi connectivity index (χ0) is 9.56. The predicted octanol–water partition coefficient (Wildman–Crippen LogP) is 3.76. The number of hydrogen-bond donors (Lipinski definition) is 0. The van der Waals surface area contributed by atoms with Gasteiger partial charge in [-0.15, -0.1) is 0 Å². The van der Waals surface area contributed by atoms with Crippen LogP contribution in [0.15, 0.2) is 0 Å². The van der Waals surface area contributed by atoms with E-state index in [9.17, 15) is 4.79 Å². The summed E-state index contributed by atoms with van der Waals surface area (Å²) in [5.74, 6) is 0.430. The van der Waals surface area contributed by atoms with Gasteiger partial charge in [0.1, 0.15) is 0 Å². The standard InChI is InChI=1S/C9H16I2O/c1-3-5-7(10)9(12)8(11)6-4-2/h7-8H,3-6H2,1-2H3. The molecule has 0 bridgehead atoms. The molecule has 2 unspecified atom stereocenters. The van der Waals surface area contributed by atoms with Crippen molar-refractivity contribution in [2.24, 2.45) is 0 Å².